The van der Waals surface area contributed by atoms with Crippen LogP contribution in [0.4, 0.5) is 5.69 Å². The molecule has 0 saturated heterocycles. The maximum atomic E-state index is 12.6. The van der Waals surface area contributed by atoms with Gasteiger partial charge in [-0.1, -0.05) is 54.6 Å². The van der Waals surface area contributed by atoms with E-state index in [9.17, 15) is 4.79 Å². The minimum atomic E-state index is -0.129. The predicted molar refractivity (Wildman–Crippen MR) is 106 cm³/mol. The van der Waals surface area contributed by atoms with Gasteiger partial charge < -0.3 is 10.1 Å². The molecule has 1 N–H and O–H groups in total. The average molecular weight is 345 g/mol. The van der Waals surface area contributed by atoms with E-state index in [0.717, 1.165) is 23.2 Å². The van der Waals surface area contributed by atoms with E-state index in [4.69, 9.17) is 4.74 Å². The molecule has 0 aliphatic carbocycles. The first kappa shape index (κ1) is 17.7. The van der Waals surface area contributed by atoms with E-state index in [1.54, 1.807) is 12.1 Å². The van der Waals surface area contributed by atoms with Crippen LogP contribution in [-0.4, -0.2) is 12.5 Å². The number of amides is 1. The number of aryl methyl sites for hydroxylation is 2. The molecule has 0 aromatic heterocycles. The van der Waals surface area contributed by atoms with E-state index in [-0.39, 0.29) is 5.91 Å². The molecule has 1 amide bonds. The molecule has 3 aromatic rings. The quantitative estimate of drug-likeness (QED) is 0.669. The summed E-state index contributed by atoms with van der Waals surface area (Å²) in [6.07, 6.45) is 0.833. The zero-order valence-corrected chi connectivity index (χ0v) is 15.2. The van der Waals surface area contributed by atoms with Crippen LogP contribution in [0.3, 0.4) is 0 Å². The lowest BCUT2D eigenvalue weighted by atomic mass is 10.1. The molecular weight excluding hydrogens is 322 g/mol. The molecule has 0 aliphatic heterocycles. The van der Waals surface area contributed by atoms with Crippen LogP contribution in [0.5, 0.6) is 5.75 Å². The lowest BCUT2D eigenvalue weighted by Gasteiger charge is -2.12. The second kappa shape index (κ2) is 8.34. The van der Waals surface area contributed by atoms with Gasteiger partial charge in [0.2, 0.25) is 0 Å². The zero-order valence-electron chi connectivity index (χ0n) is 15.2. The molecule has 3 heteroatoms. The van der Waals surface area contributed by atoms with E-state index in [0.29, 0.717) is 17.9 Å². The third-order valence-corrected chi connectivity index (χ3v) is 4.32. The van der Waals surface area contributed by atoms with Crippen molar-refractivity contribution in [3.8, 4) is 5.75 Å². The first-order chi connectivity index (χ1) is 12.6. The van der Waals surface area contributed by atoms with Gasteiger partial charge in [0.15, 0.2) is 0 Å². The molecule has 0 aliphatic rings. The van der Waals surface area contributed by atoms with Crippen molar-refractivity contribution < 1.29 is 9.53 Å². The summed E-state index contributed by atoms with van der Waals surface area (Å²) in [7, 11) is 0. The first-order valence-corrected chi connectivity index (χ1v) is 8.78. The number of hydrogen-bond donors (Lipinski definition) is 1. The van der Waals surface area contributed by atoms with Crippen LogP contribution in [-0.2, 0) is 6.42 Å². The zero-order chi connectivity index (χ0) is 18.4. The SMILES string of the molecule is Cc1cccc(C)c1NC(=O)c1cccc(OCCc2ccccc2)c1. The molecule has 132 valence electrons. The number of benzene rings is 3. The predicted octanol–water partition coefficient (Wildman–Crippen LogP) is 5.18. The lowest BCUT2D eigenvalue weighted by Crippen LogP contribution is -2.14. The molecule has 0 atom stereocenters. The van der Waals surface area contributed by atoms with Crippen LogP contribution >= 0.6 is 0 Å². The topological polar surface area (TPSA) is 38.3 Å². The fourth-order valence-electron chi connectivity index (χ4n) is 2.86. The third-order valence-electron chi connectivity index (χ3n) is 4.32. The van der Waals surface area contributed by atoms with Crippen molar-refractivity contribution >= 4 is 11.6 Å². The summed E-state index contributed by atoms with van der Waals surface area (Å²) >= 11 is 0. The normalized spacial score (nSPS) is 10.4. The van der Waals surface area contributed by atoms with Gasteiger partial charge in [0, 0.05) is 17.7 Å². The highest BCUT2D eigenvalue weighted by molar-refractivity contribution is 6.05. The molecule has 3 nitrogen and oxygen atoms in total. The van der Waals surface area contributed by atoms with Crippen LogP contribution < -0.4 is 10.1 Å². The standard InChI is InChI=1S/C23H23NO2/c1-17-8-6-9-18(2)22(17)24-23(25)20-12-7-13-21(16-20)26-15-14-19-10-4-3-5-11-19/h3-13,16H,14-15H2,1-2H3,(H,24,25). The highest BCUT2D eigenvalue weighted by atomic mass is 16.5. The number of hydrogen-bond acceptors (Lipinski definition) is 2. The maximum absolute atomic E-state index is 12.6. The second-order valence-electron chi connectivity index (χ2n) is 6.33. The number of carbonyl (C=O) groups is 1. The van der Waals surface area contributed by atoms with Gasteiger partial charge >= 0.3 is 0 Å². The Morgan fingerprint density at radius 3 is 2.31 bits per heavy atom. The van der Waals surface area contributed by atoms with E-state index in [2.05, 4.69) is 17.4 Å². The highest BCUT2D eigenvalue weighted by Gasteiger charge is 2.10. The van der Waals surface area contributed by atoms with Gasteiger partial charge in [0.05, 0.1) is 6.61 Å². The summed E-state index contributed by atoms with van der Waals surface area (Å²) in [5, 5.41) is 3.01. The van der Waals surface area contributed by atoms with Crippen LogP contribution in [0.2, 0.25) is 0 Å². The number of anilines is 1. The molecule has 0 spiro atoms. The second-order valence-corrected chi connectivity index (χ2v) is 6.33. The molecule has 0 heterocycles. The Labute approximate surface area is 154 Å². The van der Waals surface area contributed by atoms with E-state index >= 15 is 0 Å². The van der Waals surface area contributed by atoms with Crippen LogP contribution in [0.1, 0.15) is 27.0 Å². The van der Waals surface area contributed by atoms with Crippen molar-refractivity contribution in [1.82, 2.24) is 0 Å². The average Bonchev–Trinajstić information content (AvgIpc) is 2.66. The summed E-state index contributed by atoms with van der Waals surface area (Å²) in [5.41, 5.74) is 4.79. The first-order valence-electron chi connectivity index (χ1n) is 8.78. The van der Waals surface area contributed by atoms with Crippen molar-refractivity contribution in [3.63, 3.8) is 0 Å². The van der Waals surface area contributed by atoms with Gasteiger partial charge in [-0.15, -0.1) is 0 Å². The van der Waals surface area contributed by atoms with Crippen molar-refractivity contribution in [1.29, 1.82) is 0 Å². The Kier molecular flexibility index (Phi) is 5.69. The number of nitrogens with one attached hydrogen (secondary N) is 1. The van der Waals surface area contributed by atoms with E-state index < -0.39 is 0 Å². The van der Waals surface area contributed by atoms with Crippen molar-refractivity contribution in [2.45, 2.75) is 20.3 Å². The fourth-order valence-corrected chi connectivity index (χ4v) is 2.86. The molecule has 3 aromatic carbocycles. The summed E-state index contributed by atoms with van der Waals surface area (Å²) in [4.78, 5) is 12.6. The summed E-state index contributed by atoms with van der Waals surface area (Å²) in [6.45, 7) is 4.56. The molecular formula is C23H23NO2. The van der Waals surface area contributed by atoms with Crippen molar-refractivity contribution in [2.24, 2.45) is 0 Å². The minimum Gasteiger partial charge on any atom is -0.493 e. The van der Waals surface area contributed by atoms with Gasteiger partial charge in [-0.3, -0.25) is 4.79 Å². The largest absolute Gasteiger partial charge is 0.493 e. The monoisotopic (exact) mass is 345 g/mol. The summed E-state index contributed by atoms with van der Waals surface area (Å²) in [5.74, 6) is 0.575. The number of carbonyl (C=O) groups excluding carboxylic acids is 1. The van der Waals surface area contributed by atoms with Crippen molar-refractivity contribution in [2.75, 3.05) is 11.9 Å². The van der Waals surface area contributed by atoms with Gasteiger partial charge in [-0.05, 0) is 48.7 Å². The van der Waals surface area contributed by atoms with Crippen LogP contribution in [0.25, 0.3) is 0 Å². The molecule has 0 unspecified atom stereocenters. The van der Waals surface area contributed by atoms with E-state index in [1.807, 2.05) is 62.4 Å². The van der Waals surface area contributed by atoms with Crippen molar-refractivity contribution in [3.05, 3.63) is 95.1 Å². The Morgan fingerprint density at radius 1 is 0.885 bits per heavy atom. The highest BCUT2D eigenvalue weighted by Crippen LogP contribution is 2.21. The molecule has 3 rings (SSSR count). The van der Waals surface area contributed by atoms with E-state index in [1.165, 1.54) is 5.56 Å². The molecule has 0 saturated carbocycles. The number of ether oxygens (including phenoxy) is 1. The van der Waals surface area contributed by atoms with Gasteiger partial charge in [0.1, 0.15) is 5.75 Å². The Hall–Kier alpha value is -3.07. The molecule has 26 heavy (non-hydrogen) atoms. The third kappa shape index (κ3) is 4.51. The van der Waals surface area contributed by atoms with Crippen LogP contribution in [0.15, 0.2) is 72.8 Å². The Balaban J connectivity index is 1.64. The molecule has 0 radical (unpaired) electrons. The summed E-state index contributed by atoms with van der Waals surface area (Å²) < 4.78 is 5.82. The van der Waals surface area contributed by atoms with Gasteiger partial charge in [0.25, 0.3) is 5.91 Å². The number of rotatable bonds is 6. The van der Waals surface area contributed by atoms with Gasteiger partial charge in [-0.25, -0.2) is 0 Å². The number of para-hydroxylation sites is 1. The lowest BCUT2D eigenvalue weighted by molar-refractivity contribution is 0.102. The Bertz CT molecular complexity index is 867. The molecule has 0 bridgehead atoms. The fraction of sp³-hybridized carbons (Fsp3) is 0.174. The Morgan fingerprint density at radius 2 is 1.58 bits per heavy atom. The maximum Gasteiger partial charge on any atom is 0.255 e. The summed E-state index contributed by atoms with van der Waals surface area (Å²) in [6, 6.07) is 23.5. The van der Waals surface area contributed by atoms with Crippen LogP contribution in [0, 0.1) is 13.8 Å². The smallest absolute Gasteiger partial charge is 0.255 e. The molecule has 0 fully saturated rings. The van der Waals surface area contributed by atoms with Gasteiger partial charge in [-0.2, -0.15) is 0 Å². The minimum absolute atomic E-state index is 0.129.